The van der Waals surface area contributed by atoms with E-state index in [-0.39, 0.29) is 0 Å². The molecule has 0 saturated heterocycles. The average molecular weight is 321 g/mol. The van der Waals surface area contributed by atoms with Gasteiger partial charge in [0.2, 0.25) is 5.95 Å². The van der Waals surface area contributed by atoms with Crippen molar-refractivity contribution in [1.29, 1.82) is 0 Å². The monoisotopic (exact) mass is 321 g/mol. The number of aromatic nitrogens is 4. The van der Waals surface area contributed by atoms with Crippen LogP contribution in [-0.4, -0.2) is 19.9 Å². The van der Waals surface area contributed by atoms with Crippen LogP contribution in [0.5, 0.6) is 0 Å². The molecule has 0 radical (unpaired) electrons. The fourth-order valence-corrected chi connectivity index (χ4v) is 4.54. The first-order valence-electron chi connectivity index (χ1n) is 7.85. The van der Waals surface area contributed by atoms with Crippen LogP contribution < -0.4 is 5.32 Å². The Hall–Kier alpha value is -2.47. The van der Waals surface area contributed by atoms with Gasteiger partial charge < -0.3 is 10.3 Å². The SMILES string of the molecule is c1ccc2[nH]c(Nc3ncnc4sc5c(c34)CCCC5)nc2c1. The highest BCUT2D eigenvalue weighted by Gasteiger charge is 2.20. The second-order valence-corrected chi connectivity index (χ2v) is 6.92. The molecule has 0 unspecified atom stereocenters. The number of anilines is 2. The van der Waals surface area contributed by atoms with Crippen molar-refractivity contribution in [3.05, 3.63) is 41.0 Å². The van der Waals surface area contributed by atoms with Crippen molar-refractivity contribution in [2.75, 3.05) is 5.32 Å². The number of aromatic amines is 1. The Morgan fingerprint density at radius 3 is 2.96 bits per heavy atom. The molecule has 0 amide bonds. The molecular formula is C17H15N5S. The minimum absolute atomic E-state index is 0.724. The number of imidazole rings is 1. The highest BCUT2D eigenvalue weighted by Crippen LogP contribution is 2.38. The lowest BCUT2D eigenvalue weighted by Gasteiger charge is -2.11. The molecule has 0 saturated carbocycles. The van der Waals surface area contributed by atoms with Crippen LogP contribution in [0, 0.1) is 0 Å². The quantitative estimate of drug-likeness (QED) is 0.581. The predicted octanol–water partition coefficient (Wildman–Crippen LogP) is 4.19. The van der Waals surface area contributed by atoms with E-state index in [0.29, 0.717) is 0 Å². The van der Waals surface area contributed by atoms with Gasteiger partial charge in [-0.3, -0.25) is 0 Å². The molecule has 3 aromatic heterocycles. The van der Waals surface area contributed by atoms with E-state index in [0.717, 1.165) is 34.1 Å². The number of hydrogen-bond acceptors (Lipinski definition) is 5. The molecule has 6 heteroatoms. The second-order valence-electron chi connectivity index (χ2n) is 5.84. The first-order chi connectivity index (χ1) is 11.4. The van der Waals surface area contributed by atoms with Gasteiger partial charge in [0, 0.05) is 4.88 Å². The summed E-state index contributed by atoms with van der Waals surface area (Å²) >= 11 is 1.81. The van der Waals surface area contributed by atoms with Crippen LogP contribution in [0.1, 0.15) is 23.3 Å². The maximum atomic E-state index is 4.59. The van der Waals surface area contributed by atoms with Gasteiger partial charge in [-0.15, -0.1) is 11.3 Å². The lowest BCUT2D eigenvalue weighted by molar-refractivity contribution is 0.700. The summed E-state index contributed by atoms with van der Waals surface area (Å²) < 4.78 is 0. The van der Waals surface area contributed by atoms with E-state index in [2.05, 4.69) is 25.3 Å². The molecule has 5 rings (SSSR count). The van der Waals surface area contributed by atoms with Crippen LogP contribution in [0.25, 0.3) is 21.3 Å². The highest BCUT2D eigenvalue weighted by molar-refractivity contribution is 7.19. The molecule has 0 aliphatic heterocycles. The van der Waals surface area contributed by atoms with Crippen molar-refractivity contribution >= 4 is 44.4 Å². The van der Waals surface area contributed by atoms with Gasteiger partial charge in [-0.2, -0.15) is 0 Å². The zero-order valence-corrected chi connectivity index (χ0v) is 13.3. The molecule has 1 aromatic carbocycles. The van der Waals surface area contributed by atoms with E-state index in [1.165, 1.54) is 35.1 Å². The van der Waals surface area contributed by atoms with Crippen LogP contribution in [-0.2, 0) is 12.8 Å². The third kappa shape index (κ3) is 2.09. The van der Waals surface area contributed by atoms with Crippen LogP contribution in [0.2, 0.25) is 0 Å². The first kappa shape index (κ1) is 13.0. The third-order valence-corrected chi connectivity index (χ3v) is 5.58. The van der Waals surface area contributed by atoms with Gasteiger partial charge in [0.05, 0.1) is 16.4 Å². The Morgan fingerprint density at radius 2 is 2.00 bits per heavy atom. The molecule has 0 atom stereocenters. The van der Waals surface area contributed by atoms with Crippen LogP contribution >= 0.6 is 11.3 Å². The van der Waals surface area contributed by atoms with Crippen LogP contribution in [0.3, 0.4) is 0 Å². The minimum atomic E-state index is 0.724. The van der Waals surface area contributed by atoms with Crippen molar-refractivity contribution < 1.29 is 0 Å². The molecule has 2 N–H and O–H groups in total. The lowest BCUT2D eigenvalue weighted by Crippen LogP contribution is -2.01. The molecule has 1 aliphatic carbocycles. The molecule has 1 aliphatic rings. The van der Waals surface area contributed by atoms with Crippen molar-refractivity contribution in [3.63, 3.8) is 0 Å². The number of fused-ring (bicyclic) bond motifs is 4. The summed E-state index contributed by atoms with van der Waals surface area (Å²) in [5, 5.41) is 4.54. The zero-order chi connectivity index (χ0) is 15.2. The smallest absolute Gasteiger partial charge is 0.206 e. The van der Waals surface area contributed by atoms with E-state index < -0.39 is 0 Å². The van der Waals surface area contributed by atoms with E-state index in [1.807, 2.05) is 35.6 Å². The lowest BCUT2D eigenvalue weighted by atomic mass is 9.97. The molecule has 0 fully saturated rings. The van der Waals surface area contributed by atoms with Crippen LogP contribution in [0.15, 0.2) is 30.6 Å². The summed E-state index contributed by atoms with van der Waals surface area (Å²) in [4.78, 5) is 19.4. The van der Waals surface area contributed by atoms with Gasteiger partial charge in [-0.1, -0.05) is 12.1 Å². The summed E-state index contributed by atoms with van der Waals surface area (Å²) in [6.45, 7) is 0. The van der Waals surface area contributed by atoms with Gasteiger partial charge in [-0.05, 0) is 43.4 Å². The minimum Gasteiger partial charge on any atom is -0.324 e. The topological polar surface area (TPSA) is 66.5 Å². The Bertz CT molecular complexity index is 983. The number of nitrogens with zero attached hydrogens (tertiary/aromatic N) is 3. The molecule has 5 nitrogen and oxygen atoms in total. The maximum absolute atomic E-state index is 4.59. The predicted molar refractivity (Wildman–Crippen MR) is 93.4 cm³/mol. The van der Waals surface area contributed by atoms with E-state index >= 15 is 0 Å². The molecular weight excluding hydrogens is 306 g/mol. The van der Waals surface area contributed by atoms with Gasteiger partial charge >= 0.3 is 0 Å². The van der Waals surface area contributed by atoms with Gasteiger partial charge in [0.25, 0.3) is 0 Å². The molecule has 0 bridgehead atoms. The number of hydrogen-bond donors (Lipinski definition) is 2. The van der Waals surface area contributed by atoms with E-state index in [9.17, 15) is 0 Å². The number of rotatable bonds is 2. The standard InChI is InChI=1S/C17H15N5S/c1-4-8-13-10(5-1)14-15(18-9-19-16(14)23-13)22-17-20-11-6-2-3-7-12(11)21-17/h2-3,6-7,9H,1,4-5,8H2,(H2,18,19,20,21,22). The van der Waals surface area contributed by atoms with Crippen molar-refractivity contribution in [1.82, 2.24) is 19.9 Å². The molecule has 0 spiro atoms. The number of para-hydroxylation sites is 2. The fraction of sp³-hybridized carbons (Fsp3) is 0.235. The highest BCUT2D eigenvalue weighted by atomic mass is 32.1. The Balaban J connectivity index is 1.63. The summed E-state index contributed by atoms with van der Waals surface area (Å²) in [5.41, 5.74) is 3.40. The van der Waals surface area contributed by atoms with Crippen molar-refractivity contribution in [3.8, 4) is 0 Å². The van der Waals surface area contributed by atoms with Crippen LogP contribution in [0.4, 0.5) is 11.8 Å². The Morgan fingerprint density at radius 1 is 1.09 bits per heavy atom. The Kier molecular flexibility index (Phi) is 2.84. The van der Waals surface area contributed by atoms with Crippen molar-refractivity contribution in [2.24, 2.45) is 0 Å². The largest absolute Gasteiger partial charge is 0.324 e. The summed E-state index contributed by atoms with van der Waals surface area (Å²) in [5.74, 6) is 1.58. The summed E-state index contributed by atoms with van der Waals surface area (Å²) in [6.07, 6.45) is 6.45. The zero-order valence-electron chi connectivity index (χ0n) is 12.5. The van der Waals surface area contributed by atoms with Crippen molar-refractivity contribution in [2.45, 2.75) is 25.7 Å². The second kappa shape index (κ2) is 5.03. The van der Waals surface area contributed by atoms with Gasteiger partial charge in [0.15, 0.2) is 0 Å². The number of aryl methyl sites for hydroxylation is 2. The number of benzene rings is 1. The van der Waals surface area contributed by atoms with Gasteiger partial charge in [-0.25, -0.2) is 15.0 Å². The molecule has 3 heterocycles. The number of H-pyrrole nitrogens is 1. The molecule has 4 aromatic rings. The Labute approximate surface area is 136 Å². The number of thiophene rings is 1. The first-order valence-corrected chi connectivity index (χ1v) is 8.67. The van der Waals surface area contributed by atoms with E-state index in [1.54, 1.807) is 6.33 Å². The summed E-state index contributed by atoms with van der Waals surface area (Å²) in [6, 6.07) is 8.02. The number of nitrogens with one attached hydrogen (secondary N) is 2. The maximum Gasteiger partial charge on any atom is 0.206 e. The van der Waals surface area contributed by atoms with Gasteiger partial charge in [0.1, 0.15) is 17.0 Å². The van der Waals surface area contributed by atoms with E-state index in [4.69, 9.17) is 0 Å². The fourth-order valence-electron chi connectivity index (χ4n) is 3.31. The third-order valence-electron chi connectivity index (χ3n) is 4.38. The average Bonchev–Trinajstić information content (AvgIpc) is 3.15. The molecule has 23 heavy (non-hydrogen) atoms. The summed E-state index contributed by atoms with van der Waals surface area (Å²) in [7, 11) is 0. The normalized spacial score (nSPS) is 14.3. The molecule has 114 valence electrons.